The Bertz CT molecular complexity index is 581. The van der Waals surface area contributed by atoms with Gasteiger partial charge in [0.1, 0.15) is 0 Å². The SMILES string of the molecule is C[C@@H](CC(=O)c1ccco1)NC(=O)CSc1ccccc1. The fourth-order valence-electron chi connectivity index (χ4n) is 1.85. The molecule has 1 heterocycles. The van der Waals surface area contributed by atoms with Crippen LogP contribution in [0.3, 0.4) is 0 Å². The molecule has 1 aromatic carbocycles. The number of hydrogen-bond acceptors (Lipinski definition) is 4. The molecule has 0 radical (unpaired) electrons. The van der Waals surface area contributed by atoms with Crippen molar-refractivity contribution in [2.45, 2.75) is 24.3 Å². The van der Waals surface area contributed by atoms with E-state index in [4.69, 9.17) is 4.42 Å². The molecule has 2 aromatic rings. The van der Waals surface area contributed by atoms with Gasteiger partial charge in [-0.2, -0.15) is 0 Å². The molecule has 21 heavy (non-hydrogen) atoms. The molecular formula is C16H17NO3S. The standard InChI is InChI=1S/C16H17NO3S/c1-12(10-14(18)15-8-5-9-20-15)17-16(19)11-21-13-6-3-2-4-7-13/h2-9,12H,10-11H2,1H3,(H,17,19)/t12-/m0/s1. The molecule has 110 valence electrons. The maximum absolute atomic E-state index is 11.8. The first-order valence-electron chi connectivity index (χ1n) is 6.69. The number of furan rings is 1. The molecule has 0 aliphatic rings. The van der Waals surface area contributed by atoms with E-state index in [2.05, 4.69) is 5.32 Å². The summed E-state index contributed by atoms with van der Waals surface area (Å²) in [4.78, 5) is 24.7. The van der Waals surface area contributed by atoms with Crippen molar-refractivity contribution in [1.29, 1.82) is 0 Å². The Morgan fingerprint density at radius 3 is 2.62 bits per heavy atom. The van der Waals surface area contributed by atoms with E-state index in [1.807, 2.05) is 37.3 Å². The quantitative estimate of drug-likeness (QED) is 0.630. The zero-order valence-corrected chi connectivity index (χ0v) is 12.6. The number of nitrogens with one attached hydrogen (secondary N) is 1. The van der Waals surface area contributed by atoms with Gasteiger partial charge in [-0.3, -0.25) is 9.59 Å². The summed E-state index contributed by atoms with van der Waals surface area (Å²) < 4.78 is 5.04. The van der Waals surface area contributed by atoms with E-state index in [9.17, 15) is 9.59 Å². The second kappa shape index (κ2) is 7.69. The Kier molecular flexibility index (Phi) is 5.63. The van der Waals surface area contributed by atoms with Crippen LogP contribution in [-0.4, -0.2) is 23.5 Å². The van der Waals surface area contributed by atoms with Crippen LogP contribution in [0.2, 0.25) is 0 Å². The van der Waals surface area contributed by atoms with Crippen molar-refractivity contribution in [3.8, 4) is 0 Å². The van der Waals surface area contributed by atoms with Crippen LogP contribution >= 0.6 is 11.8 Å². The van der Waals surface area contributed by atoms with Crippen molar-refractivity contribution in [3.05, 3.63) is 54.5 Å². The summed E-state index contributed by atoms with van der Waals surface area (Å²) in [5.74, 6) is 0.477. The Morgan fingerprint density at radius 1 is 1.19 bits per heavy atom. The van der Waals surface area contributed by atoms with E-state index in [-0.39, 0.29) is 24.2 Å². The van der Waals surface area contributed by atoms with E-state index in [0.717, 1.165) is 4.90 Å². The lowest BCUT2D eigenvalue weighted by molar-refractivity contribution is -0.119. The lowest BCUT2D eigenvalue weighted by Crippen LogP contribution is -2.35. The van der Waals surface area contributed by atoms with Crippen LogP contribution in [0.1, 0.15) is 23.9 Å². The lowest BCUT2D eigenvalue weighted by Gasteiger charge is -2.12. The van der Waals surface area contributed by atoms with Gasteiger partial charge in [0.2, 0.25) is 5.91 Å². The lowest BCUT2D eigenvalue weighted by atomic mass is 10.1. The van der Waals surface area contributed by atoms with Gasteiger partial charge in [-0.05, 0) is 31.2 Å². The molecular weight excluding hydrogens is 286 g/mol. The Balaban J connectivity index is 1.73. The number of rotatable bonds is 7. The highest BCUT2D eigenvalue weighted by atomic mass is 32.2. The zero-order chi connectivity index (χ0) is 15.1. The summed E-state index contributed by atoms with van der Waals surface area (Å²) in [6.45, 7) is 1.81. The van der Waals surface area contributed by atoms with Crippen molar-refractivity contribution in [1.82, 2.24) is 5.32 Å². The minimum absolute atomic E-state index is 0.0800. The summed E-state index contributed by atoms with van der Waals surface area (Å²) in [7, 11) is 0. The number of Topliss-reactive ketones (excluding diaryl/α,β-unsaturated/α-hetero) is 1. The van der Waals surface area contributed by atoms with Crippen LogP contribution in [0, 0.1) is 0 Å². The van der Waals surface area contributed by atoms with E-state index >= 15 is 0 Å². The van der Waals surface area contributed by atoms with Crippen molar-refractivity contribution in [3.63, 3.8) is 0 Å². The summed E-state index contributed by atoms with van der Waals surface area (Å²) in [5.41, 5.74) is 0. The summed E-state index contributed by atoms with van der Waals surface area (Å²) in [5, 5.41) is 2.82. The van der Waals surface area contributed by atoms with Gasteiger partial charge >= 0.3 is 0 Å². The van der Waals surface area contributed by atoms with Crippen molar-refractivity contribution in [2.75, 3.05) is 5.75 Å². The maximum atomic E-state index is 11.8. The average molecular weight is 303 g/mol. The second-order valence-corrected chi connectivity index (χ2v) is 5.72. The van der Waals surface area contributed by atoms with E-state index in [1.165, 1.54) is 18.0 Å². The molecule has 1 aromatic heterocycles. The molecule has 1 atom stereocenters. The van der Waals surface area contributed by atoms with Crippen LogP contribution < -0.4 is 5.32 Å². The molecule has 2 rings (SSSR count). The monoisotopic (exact) mass is 303 g/mol. The van der Waals surface area contributed by atoms with Crippen LogP contribution in [0.5, 0.6) is 0 Å². The number of amides is 1. The third kappa shape index (κ3) is 5.11. The van der Waals surface area contributed by atoms with Crippen molar-refractivity contribution < 1.29 is 14.0 Å². The normalized spacial score (nSPS) is 11.9. The van der Waals surface area contributed by atoms with E-state index in [1.54, 1.807) is 12.1 Å². The average Bonchev–Trinajstić information content (AvgIpc) is 3.00. The smallest absolute Gasteiger partial charge is 0.230 e. The molecule has 0 aliphatic carbocycles. The largest absolute Gasteiger partial charge is 0.461 e. The minimum atomic E-state index is -0.216. The summed E-state index contributed by atoms with van der Waals surface area (Å²) >= 11 is 1.47. The Labute approximate surface area is 127 Å². The zero-order valence-electron chi connectivity index (χ0n) is 11.7. The fraction of sp³-hybridized carbons (Fsp3) is 0.250. The number of thioether (sulfide) groups is 1. The number of benzene rings is 1. The van der Waals surface area contributed by atoms with E-state index < -0.39 is 0 Å². The van der Waals surface area contributed by atoms with Gasteiger partial charge in [0, 0.05) is 17.4 Å². The molecule has 0 saturated heterocycles. The van der Waals surface area contributed by atoms with Gasteiger partial charge in [0.25, 0.3) is 0 Å². The number of carbonyl (C=O) groups excluding carboxylic acids is 2. The fourth-order valence-corrected chi connectivity index (χ4v) is 2.58. The highest BCUT2D eigenvalue weighted by Gasteiger charge is 2.15. The number of carbonyl (C=O) groups is 2. The number of ketones is 1. The molecule has 0 saturated carbocycles. The van der Waals surface area contributed by atoms with Gasteiger partial charge in [-0.1, -0.05) is 18.2 Å². The minimum Gasteiger partial charge on any atom is -0.461 e. The third-order valence-electron chi connectivity index (χ3n) is 2.81. The highest BCUT2D eigenvalue weighted by molar-refractivity contribution is 8.00. The van der Waals surface area contributed by atoms with Crippen LogP contribution in [0.25, 0.3) is 0 Å². The van der Waals surface area contributed by atoms with E-state index in [0.29, 0.717) is 11.5 Å². The summed E-state index contributed by atoms with van der Waals surface area (Å²) in [6, 6.07) is 12.8. The molecule has 0 aliphatic heterocycles. The van der Waals surface area contributed by atoms with Gasteiger partial charge in [-0.15, -0.1) is 11.8 Å². The molecule has 0 spiro atoms. The second-order valence-electron chi connectivity index (χ2n) is 4.67. The van der Waals surface area contributed by atoms with Crippen LogP contribution in [0.15, 0.2) is 58.0 Å². The molecule has 4 nitrogen and oxygen atoms in total. The molecule has 1 amide bonds. The van der Waals surface area contributed by atoms with Crippen LogP contribution in [0.4, 0.5) is 0 Å². The topological polar surface area (TPSA) is 59.3 Å². The summed E-state index contributed by atoms with van der Waals surface area (Å²) in [6.07, 6.45) is 1.70. The first-order valence-corrected chi connectivity index (χ1v) is 7.67. The van der Waals surface area contributed by atoms with Gasteiger partial charge in [0.15, 0.2) is 11.5 Å². The highest BCUT2D eigenvalue weighted by Crippen LogP contribution is 2.16. The molecule has 0 unspecified atom stereocenters. The van der Waals surface area contributed by atoms with Crippen LogP contribution in [-0.2, 0) is 4.79 Å². The van der Waals surface area contributed by atoms with Gasteiger partial charge in [-0.25, -0.2) is 0 Å². The third-order valence-corrected chi connectivity index (χ3v) is 3.82. The first kappa shape index (κ1) is 15.4. The number of hydrogen-bond donors (Lipinski definition) is 1. The van der Waals surface area contributed by atoms with Crippen molar-refractivity contribution >= 4 is 23.5 Å². The first-order chi connectivity index (χ1) is 10.1. The maximum Gasteiger partial charge on any atom is 0.230 e. The molecule has 0 bridgehead atoms. The van der Waals surface area contributed by atoms with Gasteiger partial charge < -0.3 is 9.73 Å². The predicted molar refractivity (Wildman–Crippen MR) is 82.4 cm³/mol. The van der Waals surface area contributed by atoms with Crippen molar-refractivity contribution in [2.24, 2.45) is 0 Å². The Hall–Kier alpha value is -2.01. The molecule has 1 N–H and O–H groups in total. The molecule has 0 fully saturated rings. The molecule has 5 heteroatoms. The Morgan fingerprint density at radius 2 is 1.95 bits per heavy atom. The van der Waals surface area contributed by atoms with Gasteiger partial charge in [0.05, 0.1) is 12.0 Å². The predicted octanol–water partition coefficient (Wildman–Crippen LogP) is 3.15.